The average molecular weight is 288 g/mol. The van der Waals surface area contributed by atoms with E-state index in [9.17, 15) is 4.79 Å². The van der Waals surface area contributed by atoms with Crippen molar-refractivity contribution in [2.45, 2.75) is 40.8 Å². The SMILES string of the molecule is CCn1nc(C)c(/C=N\NC(=O)Cn2nccc2C)c1C. The lowest BCUT2D eigenvalue weighted by molar-refractivity contribution is -0.121. The molecule has 0 aliphatic heterocycles. The summed E-state index contributed by atoms with van der Waals surface area (Å²) in [7, 11) is 0. The van der Waals surface area contributed by atoms with Gasteiger partial charge in [-0.25, -0.2) is 5.43 Å². The molecule has 21 heavy (non-hydrogen) atoms. The highest BCUT2D eigenvalue weighted by molar-refractivity contribution is 5.84. The van der Waals surface area contributed by atoms with Gasteiger partial charge < -0.3 is 0 Å². The summed E-state index contributed by atoms with van der Waals surface area (Å²) in [4.78, 5) is 11.8. The van der Waals surface area contributed by atoms with Crippen LogP contribution in [0.4, 0.5) is 0 Å². The molecule has 0 unspecified atom stereocenters. The number of hydrazone groups is 1. The van der Waals surface area contributed by atoms with Crippen LogP contribution in [-0.2, 0) is 17.9 Å². The van der Waals surface area contributed by atoms with E-state index < -0.39 is 0 Å². The van der Waals surface area contributed by atoms with E-state index in [2.05, 4.69) is 20.7 Å². The van der Waals surface area contributed by atoms with E-state index >= 15 is 0 Å². The van der Waals surface area contributed by atoms with Gasteiger partial charge in [0, 0.05) is 29.7 Å². The summed E-state index contributed by atoms with van der Waals surface area (Å²) < 4.78 is 3.53. The fourth-order valence-corrected chi connectivity index (χ4v) is 2.11. The van der Waals surface area contributed by atoms with E-state index in [0.717, 1.165) is 29.2 Å². The van der Waals surface area contributed by atoms with Gasteiger partial charge in [0.25, 0.3) is 5.91 Å². The second-order valence-corrected chi connectivity index (χ2v) is 4.82. The van der Waals surface area contributed by atoms with Crippen LogP contribution < -0.4 is 5.43 Å². The summed E-state index contributed by atoms with van der Waals surface area (Å²) in [5.74, 6) is -0.212. The lowest BCUT2D eigenvalue weighted by Gasteiger charge is -2.02. The van der Waals surface area contributed by atoms with Crippen molar-refractivity contribution >= 4 is 12.1 Å². The second-order valence-electron chi connectivity index (χ2n) is 4.82. The first-order valence-electron chi connectivity index (χ1n) is 6.87. The molecule has 112 valence electrons. The molecular formula is C14H20N6O. The van der Waals surface area contributed by atoms with Crippen LogP contribution in [0, 0.1) is 20.8 Å². The third-order valence-corrected chi connectivity index (χ3v) is 3.34. The van der Waals surface area contributed by atoms with Gasteiger partial charge in [-0.15, -0.1) is 0 Å². The highest BCUT2D eigenvalue weighted by Gasteiger charge is 2.08. The molecule has 7 nitrogen and oxygen atoms in total. The molecule has 0 spiro atoms. The predicted molar refractivity (Wildman–Crippen MR) is 80.1 cm³/mol. The molecule has 0 saturated carbocycles. The van der Waals surface area contributed by atoms with Gasteiger partial charge in [-0.3, -0.25) is 14.2 Å². The number of aryl methyl sites for hydroxylation is 3. The maximum atomic E-state index is 11.8. The van der Waals surface area contributed by atoms with Gasteiger partial charge in [-0.05, 0) is 33.8 Å². The summed E-state index contributed by atoms with van der Waals surface area (Å²) in [6.07, 6.45) is 3.30. The summed E-state index contributed by atoms with van der Waals surface area (Å²) in [6.45, 7) is 8.81. The van der Waals surface area contributed by atoms with E-state index in [1.54, 1.807) is 17.1 Å². The van der Waals surface area contributed by atoms with Crippen molar-refractivity contribution in [3.63, 3.8) is 0 Å². The highest BCUT2D eigenvalue weighted by atomic mass is 16.2. The zero-order chi connectivity index (χ0) is 15.4. The Morgan fingerprint density at radius 2 is 2.14 bits per heavy atom. The largest absolute Gasteiger partial charge is 0.271 e. The van der Waals surface area contributed by atoms with Crippen molar-refractivity contribution in [2.75, 3.05) is 0 Å². The Hall–Kier alpha value is -2.44. The van der Waals surface area contributed by atoms with E-state index in [1.807, 2.05) is 38.4 Å². The molecule has 0 fully saturated rings. The second kappa shape index (κ2) is 6.34. The average Bonchev–Trinajstić information content (AvgIpc) is 2.96. The van der Waals surface area contributed by atoms with Gasteiger partial charge >= 0.3 is 0 Å². The fraction of sp³-hybridized carbons (Fsp3) is 0.429. The van der Waals surface area contributed by atoms with Crippen LogP contribution >= 0.6 is 0 Å². The topological polar surface area (TPSA) is 77.1 Å². The molecule has 2 heterocycles. The quantitative estimate of drug-likeness (QED) is 0.663. The lowest BCUT2D eigenvalue weighted by atomic mass is 10.2. The molecule has 0 aliphatic rings. The van der Waals surface area contributed by atoms with Crippen molar-refractivity contribution in [1.82, 2.24) is 25.0 Å². The number of hydrogen-bond acceptors (Lipinski definition) is 4. The number of carbonyl (C=O) groups is 1. The van der Waals surface area contributed by atoms with E-state index in [1.165, 1.54) is 0 Å². The smallest absolute Gasteiger partial charge is 0.261 e. The Labute approximate surface area is 123 Å². The lowest BCUT2D eigenvalue weighted by Crippen LogP contribution is -2.24. The number of hydrogen-bond donors (Lipinski definition) is 1. The molecule has 2 aromatic rings. The standard InChI is InChI=1S/C14H20N6O/c1-5-19-12(4)13(11(3)18-19)8-15-17-14(21)9-20-10(2)6-7-16-20/h6-8H,5,9H2,1-4H3,(H,17,21)/b15-8-. The minimum absolute atomic E-state index is 0.155. The van der Waals surface area contributed by atoms with Gasteiger partial charge in [0.1, 0.15) is 6.54 Å². The predicted octanol–water partition coefficient (Wildman–Crippen LogP) is 1.18. The zero-order valence-corrected chi connectivity index (χ0v) is 12.8. The first-order chi connectivity index (χ1) is 10.0. The summed E-state index contributed by atoms with van der Waals surface area (Å²) in [6, 6.07) is 1.85. The van der Waals surface area contributed by atoms with Crippen LogP contribution in [0.15, 0.2) is 17.4 Å². The number of carbonyl (C=O) groups excluding carboxylic acids is 1. The first-order valence-corrected chi connectivity index (χ1v) is 6.87. The Balaban J connectivity index is 1.98. The van der Waals surface area contributed by atoms with E-state index in [-0.39, 0.29) is 12.5 Å². The Morgan fingerprint density at radius 1 is 1.38 bits per heavy atom. The van der Waals surface area contributed by atoms with Crippen molar-refractivity contribution in [2.24, 2.45) is 5.10 Å². The summed E-state index contributed by atoms with van der Waals surface area (Å²) >= 11 is 0. The Bertz CT molecular complexity index is 667. The maximum Gasteiger partial charge on any atom is 0.261 e. The molecule has 0 bridgehead atoms. The number of rotatable bonds is 5. The van der Waals surface area contributed by atoms with Crippen LogP contribution in [-0.4, -0.2) is 31.7 Å². The number of nitrogens with zero attached hydrogens (tertiary/aromatic N) is 5. The van der Waals surface area contributed by atoms with Crippen LogP contribution in [0.2, 0.25) is 0 Å². The van der Waals surface area contributed by atoms with Crippen molar-refractivity contribution < 1.29 is 4.79 Å². The van der Waals surface area contributed by atoms with E-state index in [0.29, 0.717) is 0 Å². The van der Waals surface area contributed by atoms with Crippen molar-refractivity contribution in [3.05, 3.63) is 34.9 Å². The molecule has 2 rings (SSSR count). The molecule has 1 amide bonds. The fourth-order valence-electron chi connectivity index (χ4n) is 2.11. The first kappa shape index (κ1) is 15.0. The molecule has 0 radical (unpaired) electrons. The molecular weight excluding hydrogens is 268 g/mol. The van der Waals surface area contributed by atoms with Gasteiger partial charge in [0.2, 0.25) is 0 Å². The number of nitrogens with one attached hydrogen (secondary N) is 1. The maximum absolute atomic E-state index is 11.8. The molecule has 0 atom stereocenters. The summed E-state index contributed by atoms with van der Waals surface area (Å²) in [5.41, 5.74) is 6.32. The monoisotopic (exact) mass is 288 g/mol. The van der Waals surface area contributed by atoms with Crippen LogP contribution in [0.5, 0.6) is 0 Å². The van der Waals surface area contributed by atoms with Crippen molar-refractivity contribution in [1.29, 1.82) is 0 Å². The van der Waals surface area contributed by atoms with Gasteiger partial charge in [0.05, 0.1) is 11.9 Å². The number of aromatic nitrogens is 4. The minimum atomic E-state index is -0.212. The van der Waals surface area contributed by atoms with Crippen molar-refractivity contribution in [3.8, 4) is 0 Å². The molecule has 0 aromatic carbocycles. The normalized spacial score (nSPS) is 11.2. The van der Waals surface area contributed by atoms with Gasteiger partial charge in [-0.2, -0.15) is 15.3 Å². The van der Waals surface area contributed by atoms with Crippen LogP contribution in [0.25, 0.3) is 0 Å². The third kappa shape index (κ3) is 3.36. The molecule has 0 saturated heterocycles. The molecule has 2 aromatic heterocycles. The molecule has 0 aliphatic carbocycles. The van der Waals surface area contributed by atoms with E-state index in [4.69, 9.17) is 0 Å². The summed E-state index contributed by atoms with van der Waals surface area (Å²) in [5, 5.41) is 12.5. The molecule has 7 heteroatoms. The zero-order valence-electron chi connectivity index (χ0n) is 12.8. The Kier molecular flexibility index (Phi) is 4.52. The van der Waals surface area contributed by atoms with Crippen LogP contribution in [0.3, 0.4) is 0 Å². The number of amides is 1. The van der Waals surface area contributed by atoms with Crippen LogP contribution in [0.1, 0.15) is 29.6 Å². The molecule has 1 N–H and O–H groups in total. The third-order valence-electron chi connectivity index (χ3n) is 3.34. The van der Waals surface area contributed by atoms with Gasteiger partial charge in [-0.1, -0.05) is 0 Å². The highest BCUT2D eigenvalue weighted by Crippen LogP contribution is 2.09. The minimum Gasteiger partial charge on any atom is -0.271 e. The van der Waals surface area contributed by atoms with Gasteiger partial charge in [0.15, 0.2) is 0 Å². The Morgan fingerprint density at radius 3 is 2.71 bits per heavy atom.